The van der Waals surface area contributed by atoms with Crippen LogP contribution in [0.1, 0.15) is 0 Å². The van der Waals surface area contributed by atoms with E-state index in [2.05, 4.69) is 30.6 Å². The number of hydrogen-bond donors (Lipinski definition) is 5. The average molecular weight is 195 g/mol. The van der Waals surface area contributed by atoms with Crippen molar-refractivity contribution in [1.29, 1.82) is 0 Å². The van der Waals surface area contributed by atoms with E-state index in [0.29, 0.717) is 12.3 Å². The fourth-order valence-corrected chi connectivity index (χ4v) is 1.01. The molecular formula is C6H17N3S2. The van der Waals surface area contributed by atoms with Crippen LogP contribution >= 0.6 is 25.3 Å². The molecule has 0 aliphatic rings. The molecule has 5 N–H and O–H groups in total. The summed E-state index contributed by atoms with van der Waals surface area (Å²) < 4.78 is 0. The molecule has 11 heavy (non-hydrogen) atoms. The topological polar surface area (TPSA) is 64.1 Å². The van der Waals surface area contributed by atoms with Gasteiger partial charge in [0.15, 0.2) is 0 Å². The molecule has 0 aromatic heterocycles. The molecule has 0 bridgehead atoms. The van der Waals surface area contributed by atoms with Crippen LogP contribution in [0.25, 0.3) is 0 Å². The molecule has 0 aromatic rings. The lowest BCUT2D eigenvalue weighted by atomic mass is 10.3. The molecule has 0 aromatic carbocycles. The zero-order valence-corrected chi connectivity index (χ0v) is 8.32. The lowest BCUT2D eigenvalue weighted by Gasteiger charge is -2.16. The zero-order valence-electron chi connectivity index (χ0n) is 6.53. The summed E-state index contributed by atoms with van der Waals surface area (Å²) in [4.78, 5) is 0. The molecule has 0 saturated carbocycles. The molecule has 3 nitrogen and oxygen atoms in total. The van der Waals surface area contributed by atoms with Gasteiger partial charge in [-0.1, -0.05) is 0 Å². The molecule has 2 atom stereocenters. The monoisotopic (exact) mass is 195 g/mol. The molecule has 0 aliphatic carbocycles. The van der Waals surface area contributed by atoms with Crippen molar-refractivity contribution < 1.29 is 0 Å². The van der Waals surface area contributed by atoms with Gasteiger partial charge in [0.25, 0.3) is 0 Å². The van der Waals surface area contributed by atoms with Crippen LogP contribution in [0.5, 0.6) is 0 Å². The first-order valence-corrected chi connectivity index (χ1v) is 4.91. The van der Waals surface area contributed by atoms with E-state index in [1.807, 2.05) is 0 Å². The van der Waals surface area contributed by atoms with E-state index < -0.39 is 0 Å². The third-order valence-electron chi connectivity index (χ3n) is 1.41. The number of hydrogen-bond acceptors (Lipinski definition) is 5. The number of thiol groups is 2. The minimum Gasteiger partial charge on any atom is -0.329 e. The van der Waals surface area contributed by atoms with Gasteiger partial charge in [0, 0.05) is 36.7 Å². The zero-order chi connectivity index (χ0) is 8.69. The molecule has 0 unspecified atom stereocenters. The van der Waals surface area contributed by atoms with E-state index in [1.165, 1.54) is 0 Å². The molecular weight excluding hydrogens is 178 g/mol. The first-order valence-electron chi connectivity index (χ1n) is 3.65. The second-order valence-corrected chi connectivity index (χ2v) is 3.20. The Morgan fingerprint density at radius 2 is 1.91 bits per heavy atom. The van der Waals surface area contributed by atoms with Gasteiger partial charge < -0.3 is 16.8 Å². The quantitative estimate of drug-likeness (QED) is 0.357. The van der Waals surface area contributed by atoms with Crippen molar-refractivity contribution in [2.45, 2.75) is 12.1 Å². The molecule has 68 valence electrons. The van der Waals surface area contributed by atoms with E-state index in [1.54, 1.807) is 0 Å². The lowest BCUT2D eigenvalue weighted by Crippen LogP contribution is -2.44. The second-order valence-electron chi connectivity index (χ2n) is 2.47. The third-order valence-corrected chi connectivity index (χ3v) is 2.32. The first kappa shape index (κ1) is 11.6. The highest BCUT2D eigenvalue weighted by atomic mass is 32.1. The van der Waals surface area contributed by atoms with Crippen molar-refractivity contribution in [1.82, 2.24) is 5.32 Å². The molecule has 0 heterocycles. The Bertz CT molecular complexity index is 87.9. The number of nitrogens with one attached hydrogen (secondary N) is 1. The van der Waals surface area contributed by atoms with Crippen molar-refractivity contribution in [3.8, 4) is 0 Å². The van der Waals surface area contributed by atoms with Crippen LogP contribution in [0.15, 0.2) is 0 Å². The standard InChI is InChI=1S/C6H17N3S2/c7-1-6(4-11)9-2-5(8)3-10/h5-6,9-11H,1-4,7-8H2/t5-,6-/m0/s1. The van der Waals surface area contributed by atoms with Gasteiger partial charge in [-0.2, -0.15) is 25.3 Å². The van der Waals surface area contributed by atoms with Gasteiger partial charge in [0.2, 0.25) is 0 Å². The van der Waals surface area contributed by atoms with Crippen LogP contribution < -0.4 is 16.8 Å². The predicted molar refractivity (Wildman–Crippen MR) is 56.5 cm³/mol. The smallest absolute Gasteiger partial charge is 0.0278 e. The molecule has 0 fully saturated rings. The van der Waals surface area contributed by atoms with E-state index in [4.69, 9.17) is 11.5 Å². The summed E-state index contributed by atoms with van der Waals surface area (Å²) in [6, 6.07) is 0.372. The van der Waals surface area contributed by atoms with Crippen LogP contribution in [0.3, 0.4) is 0 Å². The first-order chi connectivity index (χ1) is 5.24. The van der Waals surface area contributed by atoms with Crippen LogP contribution in [-0.2, 0) is 0 Å². The summed E-state index contributed by atoms with van der Waals surface area (Å²) in [5.41, 5.74) is 11.1. The minimum absolute atomic E-state index is 0.104. The summed E-state index contributed by atoms with van der Waals surface area (Å²) in [6.45, 7) is 1.36. The van der Waals surface area contributed by atoms with Crippen LogP contribution in [-0.4, -0.2) is 36.7 Å². The Hall–Kier alpha value is 0.580. The summed E-state index contributed by atoms with van der Waals surface area (Å²) >= 11 is 8.19. The highest BCUT2D eigenvalue weighted by Gasteiger charge is 2.04. The van der Waals surface area contributed by atoms with Gasteiger partial charge in [0.1, 0.15) is 0 Å². The predicted octanol–water partition coefficient (Wildman–Crippen LogP) is -0.910. The summed E-state index contributed by atoms with van der Waals surface area (Å²) in [7, 11) is 0. The highest BCUT2D eigenvalue weighted by molar-refractivity contribution is 7.80. The van der Waals surface area contributed by atoms with Crippen LogP contribution in [0.4, 0.5) is 0 Å². The fourth-order valence-electron chi connectivity index (χ4n) is 0.605. The Morgan fingerprint density at radius 1 is 1.27 bits per heavy atom. The Morgan fingerprint density at radius 3 is 2.27 bits per heavy atom. The van der Waals surface area contributed by atoms with Crippen molar-refractivity contribution >= 4 is 25.3 Å². The maximum atomic E-state index is 5.63. The van der Waals surface area contributed by atoms with Gasteiger partial charge in [-0.3, -0.25) is 0 Å². The van der Waals surface area contributed by atoms with Gasteiger partial charge >= 0.3 is 0 Å². The average Bonchev–Trinajstić information content (AvgIpc) is 2.06. The van der Waals surface area contributed by atoms with Gasteiger partial charge in [0.05, 0.1) is 0 Å². The van der Waals surface area contributed by atoms with E-state index in [-0.39, 0.29) is 12.1 Å². The molecule has 0 radical (unpaired) electrons. The maximum absolute atomic E-state index is 5.63. The number of nitrogens with two attached hydrogens (primary N) is 2. The Balaban J connectivity index is 3.34. The van der Waals surface area contributed by atoms with E-state index in [0.717, 1.165) is 12.3 Å². The molecule has 0 aliphatic heterocycles. The third kappa shape index (κ3) is 5.81. The Kier molecular flexibility index (Phi) is 7.62. The highest BCUT2D eigenvalue weighted by Crippen LogP contribution is 1.86. The molecule has 0 saturated heterocycles. The van der Waals surface area contributed by atoms with Crippen molar-refractivity contribution in [2.24, 2.45) is 11.5 Å². The largest absolute Gasteiger partial charge is 0.329 e. The summed E-state index contributed by atoms with van der Waals surface area (Å²) in [6.07, 6.45) is 0. The van der Waals surface area contributed by atoms with Crippen molar-refractivity contribution in [3.05, 3.63) is 0 Å². The molecule has 0 rings (SSSR count). The number of rotatable bonds is 6. The van der Waals surface area contributed by atoms with Crippen LogP contribution in [0.2, 0.25) is 0 Å². The SMILES string of the molecule is NC[C@@H](CS)NC[C@H](N)CS. The summed E-state index contributed by atoms with van der Waals surface area (Å²) in [5.74, 6) is 1.44. The van der Waals surface area contributed by atoms with Crippen molar-refractivity contribution in [3.63, 3.8) is 0 Å². The molecule has 0 amide bonds. The lowest BCUT2D eigenvalue weighted by molar-refractivity contribution is 0.532. The molecule has 0 spiro atoms. The summed E-state index contributed by atoms with van der Waals surface area (Å²) in [5, 5.41) is 3.19. The van der Waals surface area contributed by atoms with Crippen molar-refractivity contribution in [2.75, 3.05) is 24.6 Å². The molecule has 5 heteroatoms. The van der Waals surface area contributed by atoms with E-state index >= 15 is 0 Å². The minimum atomic E-state index is 0.104. The second kappa shape index (κ2) is 7.24. The van der Waals surface area contributed by atoms with Gasteiger partial charge in [-0.25, -0.2) is 0 Å². The Labute approximate surface area is 79.1 Å². The fraction of sp³-hybridized carbons (Fsp3) is 1.00. The van der Waals surface area contributed by atoms with Gasteiger partial charge in [-0.05, 0) is 0 Å². The maximum Gasteiger partial charge on any atom is 0.0278 e. The van der Waals surface area contributed by atoms with E-state index in [9.17, 15) is 0 Å². The van der Waals surface area contributed by atoms with Crippen LogP contribution in [0, 0.1) is 0 Å². The normalized spacial score (nSPS) is 16.4. The van der Waals surface area contributed by atoms with Gasteiger partial charge in [-0.15, -0.1) is 0 Å².